The number of anilines is 1. The summed E-state index contributed by atoms with van der Waals surface area (Å²) in [5.41, 5.74) is 1.37. The highest BCUT2D eigenvalue weighted by Crippen LogP contribution is 2.34. The van der Waals surface area contributed by atoms with Gasteiger partial charge in [0.25, 0.3) is 0 Å². The van der Waals surface area contributed by atoms with Crippen LogP contribution in [0.25, 0.3) is 16.6 Å². The number of nitrogens with one attached hydrogen (secondary N) is 1. The van der Waals surface area contributed by atoms with E-state index in [4.69, 9.17) is 28.3 Å². The number of carboxylic acid groups (broad SMARTS) is 1. The number of aromatic nitrogens is 3. The van der Waals surface area contributed by atoms with Crippen LogP contribution in [0.3, 0.4) is 0 Å². The molecule has 2 N–H and O–H groups in total. The molecule has 0 saturated carbocycles. The lowest BCUT2D eigenvalue weighted by Crippen LogP contribution is -2.29. The Morgan fingerprint density at radius 3 is 2.73 bits per heavy atom. The summed E-state index contributed by atoms with van der Waals surface area (Å²) >= 11 is 12.5. The number of benzene rings is 1. The van der Waals surface area contributed by atoms with Gasteiger partial charge in [-0.25, -0.2) is 9.97 Å². The van der Waals surface area contributed by atoms with Crippen LogP contribution in [0.4, 0.5) is 5.82 Å². The van der Waals surface area contributed by atoms with Crippen molar-refractivity contribution in [3.05, 3.63) is 47.0 Å². The molecule has 0 saturated heterocycles. The molecule has 2 heterocycles. The molecule has 0 aliphatic heterocycles. The number of pyridine rings is 1. The van der Waals surface area contributed by atoms with E-state index >= 15 is 0 Å². The van der Waals surface area contributed by atoms with E-state index in [-0.39, 0.29) is 18.4 Å². The Bertz CT molecular complexity index is 942. The van der Waals surface area contributed by atoms with Gasteiger partial charge in [0.2, 0.25) is 0 Å². The molecule has 26 heavy (non-hydrogen) atoms. The number of fused-ring (bicyclic) bond motifs is 1. The summed E-state index contributed by atoms with van der Waals surface area (Å²) < 4.78 is 1.85. The Kier molecular flexibility index (Phi) is 5.34. The van der Waals surface area contributed by atoms with Crippen molar-refractivity contribution in [3.8, 4) is 5.69 Å². The highest BCUT2D eigenvalue weighted by Gasteiger charge is 2.19. The lowest BCUT2D eigenvalue weighted by atomic mass is 10.0. The number of nitrogens with zero attached hydrogens (tertiary/aromatic N) is 3. The first-order valence-corrected chi connectivity index (χ1v) is 8.88. The third-order valence-electron chi connectivity index (χ3n) is 4.17. The van der Waals surface area contributed by atoms with E-state index in [0.29, 0.717) is 21.4 Å². The summed E-state index contributed by atoms with van der Waals surface area (Å²) in [5.74, 6) is -0.228. The van der Waals surface area contributed by atoms with Gasteiger partial charge >= 0.3 is 5.97 Å². The summed E-state index contributed by atoms with van der Waals surface area (Å²) in [5, 5.41) is 14.0. The maximum Gasteiger partial charge on any atom is 0.305 e. The van der Waals surface area contributed by atoms with E-state index < -0.39 is 5.97 Å². The van der Waals surface area contributed by atoms with Crippen molar-refractivity contribution in [2.75, 3.05) is 5.32 Å². The van der Waals surface area contributed by atoms with Crippen LogP contribution in [-0.4, -0.2) is 31.7 Å². The average Bonchev–Trinajstić information content (AvgIpc) is 3.11. The zero-order valence-electron chi connectivity index (χ0n) is 14.3. The third kappa shape index (κ3) is 3.76. The quantitative estimate of drug-likeness (QED) is 0.638. The molecule has 0 unspecified atom stereocenters. The maximum absolute atomic E-state index is 11.2. The largest absolute Gasteiger partial charge is 0.481 e. The molecule has 0 amide bonds. The summed E-state index contributed by atoms with van der Waals surface area (Å²) in [4.78, 5) is 19.8. The predicted octanol–water partition coefficient (Wildman–Crippen LogP) is 4.64. The molecule has 1 aromatic carbocycles. The lowest BCUT2D eigenvalue weighted by Gasteiger charge is -2.22. The second kappa shape index (κ2) is 7.51. The van der Waals surface area contributed by atoms with Gasteiger partial charge in [0.1, 0.15) is 5.82 Å². The minimum atomic E-state index is -0.868. The average molecular weight is 393 g/mol. The van der Waals surface area contributed by atoms with Crippen LogP contribution in [0.5, 0.6) is 0 Å². The van der Waals surface area contributed by atoms with E-state index in [0.717, 1.165) is 11.1 Å². The molecule has 8 heteroatoms. The van der Waals surface area contributed by atoms with Gasteiger partial charge in [0, 0.05) is 29.9 Å². The van der Waals surface area contributed by atoms with Crippen molar-refractivity contribution in [1.29, 1.82) is 0 Å². The topological polar surface area (TPSA) is 80.0 Å². The van der Waals surface area contributed by atoms with Gasteiger partial charge in [-0.1, -0.05) is 37.0 Å². The zero-order chi connectivity index (χ0) is 18.8. The second-order valence-corrected chi connectivity index (χ2v) is 7.13. The molecule has 0 radical (unpaired) electrons. The first-order chi connectivity index (χ1) is 12.4. The molecule has 6 nitrogen and oxygen atoms in total. The number of carboxylic acids is 1. The van der Waals surface area contributed by atoms with E-state index in [1.54, 1.807) is 18.6 Å². The number of rotatable bonds is 6. The summed E-state index contributed by atoms with van der Waals surface area (Å²) in [6.07, 6.45) is 5.16. The van der Waals surface area contributed by atoms with Crippen molar-refractivity contribution >= 4 is 45.9 Å². The van der Waals surface area contributed by atoms with Gasteiger partial charge in [0.05, 0.1) is 34.0 Å². The minimum Gasteiger partial charge on any atom is -0.481 e. The molecular weight excluding hydrogens is 375 g/mol. The standard InChI is InChI=1S/C18H18Cl2N4O2/c1-10(2)13(7-16(25)26)22-15-8-14(24-6-5-21-9-24)11-3-4-12(19)17(20)18(11)23-15/h3-6,8-10,13H,7H2,1-2H3,(H,22,23)(H,25,26)/t13-/m1/s1. The molecule has 0 fully saturated rings. The Morgan fingerprint density at radius 1 is 1.35 bits per heavy atom. The van der Waals surface area contributed by atoms with E-state index in [1.807, 2.05) is 36.7 Å². The van der Waals surface area contributed by atoms with Crippen LogP contribution in [0.1, 0.15) is 20.3 Å². The molecule has 1 atom stereocenters. The van der Waals surface area contributed by atoms with Crippen LogP contribution in [-0.2, 0) is 4.79 Å². The van der Waals surface area contributed by atoms with Crippen molar-refractivity contribution in [2.24, 2.45) is 5.92 Å². The molecule has 3 aromatic rings. The molecule has 0 spiro atoms. The fourth-order valence-corrected chi connectivity index (χ4v) is 3.10. The van der Waals surface area contributed by atoms with Crippen molar-refractivity contribution < 1.29 is 9.90 Å². The molecule has 0 aliphatic carbocycles. The van der Waals surface area contributed by atoms with Crippen LogP contribution >= 0.6 is 23.2 Å². The van der Waals surface area contributed by atoms with E-state index in [9.17, 15) is 4.79 Å². The van der Waals surface area contributed by atoms with Gasteiger partial charge in [-0.3, -0.25) is 4.79 Å². The molecule has 3 rings (SSSR count). The normalized spacial score (nSPS) is 12.5. The summed E-state index contributed by atoms with van der Waals surface area (Å²) in [7, 11) is 0. The molecular formula is C18H18Cl2N4O2. The third-order valence-corrected chi connectivity index (χ3v) is 4.96. The summed E-state index contributed by atoms with van der Waals surface area (Å²) in [6.45, 7) is 3.92. The SMILES string of the molecule is CC(C)[C@@H](CC(=O)O)Nc1cc(-n2ccnc2)c2ccc(Cl)c(Cl)c2n1. The first-order valence-electron chi connectivity index (χ1n) is 8.12. The molecule has 2 aromatic heterocycles. The van der Waals surface area contributed by atoms with E-state index in [2.05, 4.69) is 15.3 Å². The van der Waals surface area contributed by atoms with Gasteiger partial charge in [-0.2, -0.15) is 0 Å². The molecule has 0 aliphatic rings. The minimum absolute atomic E-state index is 0.0128. The number of aliphatic carboxylic acids is 1. The first kappa shape index (κ1) is 18.5. The van der Waals surface area contributed by atoms with Crippen LogP contribution in [0, 0.1) is 5.92 Å². The Morgan fingerprint density at radius 2 is 2.12 bits per heavy atom. The highest BCUT2D eigenvalue weighted by atomic mass is 35.5. The second-order valence-electron chi connectivity index (χ2n) is 6.35. The van der Waals surface area contributed by atoms with Crippen LogP contribution < -0.4 is 5.32 Å². The number of halogens is 2. The molecule has 136 valence electrons. The monoisotopic (exact) mass is 392 g/mol. The highest BCUT2D eigenvalue weighted by molar-refractivity contribution is 6.45. The Labute approximate surface area is 160 Å². The summed E-state index contributed by atoms with van der Waals surface area (Å²) in [6, 6.07) is 5.16. The number of hydrogen-bond acceptors (Lipinski definition) is 4. The smallest absolute Gasteiger partial charge is 0.305 e. The number of hydrogen-bond donors (Lipinski definition) is 2. The Balaban J connectivity index is 2.14. The van der Waals surface area contributed by atoms with Crippen molar-refractivity contribution in [2.45, 2.75) is 26.3 Å². The zero-order valence-corrected chi connectivity index (χ0v) is 15.8. The van der Waals surface area contributed by atoms with E-state index in [1.165, 1.54) is 0 Å². The van der Waals surface area contributed by atoms with Crippen LogP contribution in [0.2, 0.25) is 10.0 Å². The van der Waals surface area contributed by atoms with Crippen molar-refractivity contribution in [1.82, 2.24) is 14.5 Å². The Hall–Kier alpha value is -2.31. The fourth-order valence-electron chi connectivity index (χ4n) is 2.74. The van der Waals surface area contributed by atoms with Gasteiger partial charge in [-0.05, 0) is 18.1 Å². The maximum atomic E-state index is 11.2. The van der Waals surface area contributed by atoms with Crippen molar-refractivity contribution in [3.63, 3.8) is 0 Å². The van der Waals surface area contributed by atoms with Gasteiger partial charge in [-0.15, -0.1) is 0 Å². The fraction of sp³-hybridized carbons (Fsp3) is 0.278. The lowest BCUT2D eigenvalue weighted by molar-refractivity contribution is -0.137. The van der Waals surface area contributed by atoms with Crippen LogP contribution in [0.15, 0.2) is 36.9 Å². The predicted molar refractivity (Wildman–Crippen MR) is 103 cm³/mol. The van der Waals surface area contributed by atoms with Gasteiger partial charge < -0.3 is 15.0 Å². The molecule has 0 bridgehead atoms. The van der Waals surface area contributed by atoms with Gasteiger partial charge in [0.15, 0.2) is 0 Å². The number of imidazole rings is 1. The number of carbonyl (C=O) groups is 1.